The highest BCUT2D eigenvalue weighted by atomic mass is 16.5. The number of para-hydroxylation sites is 1. The lowest BCUT2D eigenvalue weighted by Gasteiger charge is -2.18. The number of nitrogens with one attached hydrogen (secondary N) is 2. The standard InChI is InChI=1S/C18H27N3O3/c1-3-14-7-4-5-9-16(14)20-17(22)13-21(2)18(23)12-19-11-15-8-6-10-24-15/h4-5,7,9,15,19H,3,6,8,10-13H2,1-2H3,(H,20,22). The summed E-state index contributed by atoms with van der Waals surface area (Å²) in [5.74, 6) is -0.294. The van der Waals surface area contributed by atoms with E-state index in [0.717, 1.165) is 37.1 Å². The summed E-state index contributed by atoms with van der Waals surface area (Å²) < 4.78 is 5.50. The molecule has 1 unspecified atom stereocenters. The fourth-order valence-corrected chi connectivity index (χ4v) is 2.72. The van der Waals surface area contributed by atoms with E-state index in [1.165, 1.54) is 4.90 Å². The van der Waals surface area contributed by atoms with Crippen LogP contribution in [-0.4, -0.2) is 56.1 Å². The van der Waals surface area contributed by atoms with Crippen LogP contribution in [0.25, 0.3) is 0 Å². The van der Waals surface area contributed by atoms with Crippen LogP contribution in [0.4, 0.5) is 5.69 Å². The van der Waals surface area contributed by atoms with Gasteiger partial charge in [-0.15, -0.1) is 0 Å². The average Bonchev–Trinajstić information content (AvgIpc) is 3.08. The summed E-state index contributed by atoms with van der Waals surface area (Å²) in [6.07, 6.45) is 3.17. The van der Waals surface area contributed by atoms with Gasteiger partial charge in [0.15, 0.2) is 0 Å². The monoisotopic (exact) mass is 333 g/mol. The van der Waals surface area contributed by atoms with Gasteiger partial charge in [0.25, 0.3) is 0 Å². The van der Waals surface area contributed by atoms with Crippen LogP contribution in [0, 0.1) is 0 Å². The summed E-state index contributed by atoms with van der Waals surface area (Å²) in [6.45, 7) is 3.78. The van der Waals surface area contributed by atoms with Gasteiger partial charge in [-0.2, -0.15) is 0 Å². The first-order valence-electron chi connectivity index (χ1n) is 8.54. The molecular formula is C18H27N3O3. The molecule has 2 amide bonds. The van der Waals surface area contributed by atoms with E-state index in [2.05, 4.69) is 10.6 Å². The zero-order valence-corrected chi connectivity index (χ0v) is 14.5. The van der Waals surface area contributed by atoms with Crippen molar-refractivity contribution in [2.75, 3.05) is 38.6 Å². The maximum absolute atomic E-state index is 12.1. The summed E-state index contributed by atoms with van der Waals surface area (Å²) in [6, 6.07) is 7.70. The van der Waals surface area contributed by atoms with Crippen LogP contribution in [0.15, 0.2) is 24.3 Å². The fourth-order valence-electron chi connectivity index (χ4n) is 2.72. The summed E-state index contributed by atoms with van der Waals surface area (Å²) in [5.41, 5.74) is 1.89. The highest BCUT2D eigenvalue weighted by molar-refractivity contribution is 5.95. The first-order valence-corrected chi connectivity index (χ1v) is 8.54. The van der Waals surface area contributed by atoms with Crippen LogP contribution in [0.3, 0.4) is 0 Å². The van der Waals surface area contributed by atoms with Crippen molar-refractivity contribution in [2.24, 2.45) is 0 Å². The zero-order valence-electron chi connectivity index (χ0n) is 14.5. The minimum atomic E-state index is -0.189. The van der Waals surface area contributed by atoms with E-state index in [4.69, 9.17) is 4.74 Å². The second-order valence-electron chi connectivity index (χ2n) is 6.07. The van der Waals surface area contributed by atoms with Gasteiger partial charge in [0.05, 0.1) is 19.2 Å². The number of carbonyl (C=O) groups excluding carboxylic acids is 2. The Morgan fingerprint density at radius 2 is 2.12 bits per heavy atom. The van der Waals surface area contributed by atoms with Crippen molar-refractivity contribution in [3.8, 4) is 0 Å². The van der Waals surface area contributed by atoms with Crippen molar-refractivity contribution in [3.63, 3.8) is 0 Å². The van der Waals surface area contributed by atoms with E-state index in [1.54, 1.807) is 7.05 Å². The Hall–Kier alpha value is -1.92. The number of ether oxygens (including phenoxy) is 1. The molecule has 1 aliphatic rings. The van der Waals surface area contributed by atoms with E-state index in [0.29, 0.717) is 6.54 Å². The molecule has 0 aliphatic carbocycles. The Balaban J connectivity index is 1.72. The van der Waals surface area contributed by atoms with Gasteiger partial charge in [-0.3, -0.25) is 9.59 Å². The topological polar surface area (TPSA) is 70.7 Å². The average molecular weight is 333 g/mol. The SMILES string of the molecule is CCc1ccccc1NC(=O)CN(C)C(=O)CNCC1CCCO1. The molecule has 1 aromatic rings. The number of likely N-dealkylation sites (N-methyl/N-ethyl adjacent to an activating group) is 1. The molecule has 1 fully saturated rings. The van der Waals surface area contributed by atoms with E-state index in [1.807, 2.05) is 31.2 Å². The molecule has 1 atom stereocenters. The summed E-state index contributed by atoms with van der Waals surface area (Å²) in [4.78, 5) is 25.6. The van der Waals surface area contributed by atoms with Crippen LogP contribution in [0.2, 0.25) is 0 Å². The third kappa shape index (κ3) is 5.62. The highest BCUT2D eigenvalue weighted by Crippen LogP contribution is 2.15. The quantitative estimate of drug-likeness (QED) is 0.755. The number of amides is 2. The molecule has 6 nitrogen and oxygen atoms in total. The summed E-state index contributed by atoms with van der Waals surface area (Å²) >= 11 is 0. The van der Waals surface area contributed by atoms with Crippen LogP contribution in [0.1, 0.15) is 25.3 Å². The molecule has 1 saturated heterocycles. The lowest BCUT2D eigenvalue weighted by molar-refractivity contribution is -0.132. The van der Waals surface area contributed by atoms with Crippen molar-refractivity contribution in [1.29, 1.82) is 0 Å². The molecule has 1 aliphatic heterocycles. The molecule has 6 heteroatoms. The lowest BCUT2D eigenvalue weighted by atomic mass is 10.1. The Morgan fingerprint density at radius 1 is 1.33 bits per heavy atom. The molecule has 1 heterocycles. The third-order valence-corrected chi connectivity index (χ3v) is 4.15. The maximum Gasteiger partial charge on any atom is 0.243 e. The Kier molecular flexibility index (Phi) is 7.21. The molecular weight excluding hydrogens is 306 g/mol. The lowest BCUT2D eigenvalue weighted by Crippen LogP contribution is -2.41. The molecule has 0 bridgehead atoms. The predicted molar refractivity (Wildman–Crippen MR) is 93.9 cm³/mol. The molecule has 2 rings (SSSR count). The number of anilines is 1. The smallest absolute Gasteiger partial charge is 0.243 e. The van der Waals surface area contributed by atoms with Gasteiger partial charge in [-0.1, -0.05) is 25.1 Å². The van der Waals surface area contributed by atoms with Gasteiger partial charge in [-0.25, -0.2) is 0 Å². The van der Waals surface area contributed by atoms with Gasteiger partial charge in [0, 0.05) is 25.9 Å². The van der Waals surface area contributed by atoms with E-state index in [9.17, 15) is 9.59 Å². The first-order chi connectivity index (χ1) is 11.6. The van der Waals surface area contributed by atoms with Crippen molar-refractivity contribution in [1.82, 2.24) is 10.2 Å². The number of rotatable bonds is 8. The largest absolute Gasteiger partial charge is 0.377 e. The zero-order chi connectivity index (χ0) is 17.4. The van der Waals surface area contributed by atoms with E-state index >= 15 is 0 Å². The number of carbonyl (C=O) groups is 2. The van der Waals surface area contributed by atoms with Gasteiger partial charge in [-0.05, 0) is 30.9 Å². The molecule has 0 radical (unpaired) electrons. The minimum absolute atomic E-state index is 0.0402. The summed E-state index contributed by atoms with van der Waals surface area (Å²) in [5, 5.41) is 5.98. The molecule has 1 aromatic carbocycles. The Morgan fingerprint density at radius 3 is 2.83 bits per heavy atom. The predicted octanol–water partition coefficient (Wildman–Crippen LogP) is 1.41. The van der Waals surface area contributed by atoms with Crippen molar-refractivity contribution in [2.45, 2.75) is 32.3 Å². The van der Waals surface area contributed by atoms with Gasteiger partial charge in [0.2, 0.25) is 11.8 Å². The van der Waals surface area contributed by atoms with E-state index < -0.39 is 0 Å². The number of hydrogen-bond donors (Lipinski definition) is 2. The Labute approximate surface area is 143 Å². The highest BCUT2D eigenvalue weighted by Gasteiger charge is 2.17. The molecule has 24 heavy (non-hydrogen) atoms. The van der Waals surface area contributed by atoms with E-state index in [-0.39, 0.29) is 31.0 Å². The molecule has 0 spiro atoms. The normalized spacial score (nSPS) is 16.8. The van der Waals surface area contributed by atoms with Gasteiger partial charge < -0.3 is 20.3 Å². The molecule has 132 valence electrons. The molecule has 0 aromatic heterocycles. The van der Waals surface area contributed by atoms with Gasteiger partial charge in [0.1, 0.15) is 0 Å². The third-order valence-electron chi connectivity index (χ3n) is 4.15. The second kappa shape index (κ2) is 9.39. The van der Waals surface area contributed by atoms with Crippen LogP contribution in [-0.2, 0) is 20.7 Å². The first kappa shape index (κ1) is 18.4. The molecule has 2 N–H and O–H groups in total. The maximum atomic E-state index is 12.1. The minimum Gasteiger partial charge on any atom is -0.377 e. The molecule has 0 saturated carbocycles. The summed E-state index contributed by atoms with van der Waals surface area (Å²) in [7, 11) is 1.64. The Bertz CT molecular complexity index is 556. The number of aryl methyl sites for hydroxylation is 1. The van der Waals surface area contributed by atoms with Crippen molar-refractivity contribution < 1.29 is 14.3 Å². The number of hydrogen-bond acceptors (Lipinski definition) is 4. The van der Waals surface area contributed by atoms with Crippen molar-refractivity contribution in [3.05, 3.63) is 29.8 Å². The van der Waals surface area contributed by atoms with Crippen LogP contribution in [0.5, 0.6) is 0 Å². The number of benzene rings is 1. The fraction of sp³-hybridized carbons (Fsp3) is 0.556. The second-order valence-corrected chi connectivity index (χ2v) is 6.07. The van der Waals surface area contributed by atoms with Gasteiger partial charge >= 0.3 is 0 Å². The number of nitrogens with zero attached hydrogens (tertiary/aromatic N) is 1. The van der Waals surface area contributed by atoms with Crippen molar-refractivity contribution >= 4 is 17.5 Å². The van der Waals surface area contributed by atoms with Crippen LogP contribution < -0.4 is 10.6 Å². The van der Waals surface area contributed by atoms with Crippen LogP contribution >= 0.6 is 0 Å².